The summed E-state index contributed by atoms with van der Waals surface area (Å²) in [6, 6.07) is 16.5. The highest BCUT2D eigenvalue weighted by atomic mass is 16.2. The first-order valence-electron chi connectivity index (χ1n) is 9.10. The molecule has 6 heteroatoms. The third-order valence-corrected chi connectivity index (χ3v) is 4.86. The van der Waals surface area contributed by atoms with Gasteiger partial charge in [-0.2, -0.15) is 5.10 Å². The fourth-order valence-corrected chi connectivity index (χ4v) is 3.18. The fraction of sp³-hybridized carbons (Fsp3) is 0.286. The van der Waals surface area contributed by atoms with Gasteiger partial charge in [0, 0.05) is 18.8 Å². The number of amides is 3. The molecule has 1 aliphatic heterocycles. The Morgan fingerprint density at radius 2 is 1.67 bits per heavy atom. The third kappa shape index (κ3) is 3.56. The second kappa shape index (κ2) is 7.61. The Bertz CT molecular complexity index is 844. The van der Waals surface area contributed by atoms with E-state index in [1.54, 1.807) is 6.92 Å². The summed E-state index contributed by atoms with van der Waals surface area (Å²) in [7, 11) is 0. The molecule has 6 nitrogen and oxygen atoms in total. The molecule has 1 atom stereocenters. The second-order valence-corrected chi connectivity index (χ2v) is 6.55. The molecule has 1 aliphatic rings. The van der Waals surface area contributed by atoms with Gasteiger partial charge in [0.1, 0.15) is 5.54 Å². The number of nitrogens with one attached hydrogen (secondary N) is 1. The number of carbonyl (C=O) groups is 2. The van der Waals surface area contributed by atoms with Gasteiger partial charge in [0.05, 0.1) is 6.21 Å². The van der Waals surface area contributed by atoms with E-state index in [9.17, 15) is 9.59 Å². The number of carbonyl (C=O) groups excluding carboxylic acids is 2. The number of hydrogen-bond acceptors (Lipinski definition) is 4. The van der Waals surface area contributed by atoms with Crippen molar-refractivity contribution in [3.63, 3.8) is 0 Å². The van der Waals surface area contributed by atoms with Crippen molar-refractivity contribution in [1.29, 1.82) is 0 Å². The molecule has 1 fully saturated rings. The van der Waals surface area contributed by atoms with E-state index < -0.39 is 17.5 Å². The van der Waals surface area contributed by atoms with Gasteiger partial charge in [-0.15, -0.1) is 5.01 Å². The molecule has 1 N–H and O–H groups in total. The molecule has 0 spiro atoms. The number of nitrogens with zero attached hydrogens (tertiary/aromatic N) is 3. The van der Waals surface area contributed by atoms with E-state index in [4.69, 9.17) is 0 Å². The van der Waals surface area contributed by atoms with Crippen molar-refractivity contribution in [3.8, 4) is 0 Å². The lowest BCUT2D eigenvalue weighted by Gasteiger charge is -2.21. The predicted octanol–water partition coefficient (Wildman–Crippen LogP) is 3.33. The minimum Gasteiger partial charge on any atom is -0.372 e. The van der Waals surface area contributed by atoms with Crippen LogP contribution in [0.4, 0.5) is 10.5 Å². The molecule has 140 valence electrons. The van der Waals surface area contributed by atoms with Gasteiger partial charge in [-0.1, -0.05) is 42.5 Å². The van der Waals surface area contributed by atoms with E-state index in [-0.39, 0.29) is 0 Å². The normalized spacial score (nSPS) is 19.6. The highest BCUT2D eigenvalue weighted by molar-refractivity contribution is 6.07. The molecule has 1 saturated heterocycles. The zero-order chi connectivity index (χ0) is 19.4. The third-order valence-electron chi connectivity index (χ3n) is 4.86. The van der Waals surface area contributed by atoms with Crippen molar-refractivity contribution in [3.05, 3.63) is 65.7 Å². The lowest BCUT2D eigenvalue weighted by Crippen LogP contribution is -2.40. The van der Waals surface area contributed by atoms with Crippen molar-refractivity contribution in [1.82, 2.24) is 10.3 Å². The Labute approximate surface area is 159 Å². The van der Waals surface area contributed by atoms with E-state index >= 15 is 0 Å². The molecule has 2 aromatic rings. The molecule has 3 amide bonds. The van der Waals surface area contributed by atoms with Crippen molar-refractivity contribution in [2.24, 2.45) is 5.10 Å². The highest BCUT2D eigenvalue weighted by Gasteiger charge is 2.49. The Morgan fingerprint density at radius 3 is 2.26 bits per heavy atom. The summed E-state index contributed by atoms with van der Waals surface area (Å²) in [5.74, 6) is -0.394. The number of rotatable bonds is 6. The maximum atomic E-state index is 12.8. The van der Waals surface area contributed by atoms with Gasteiger partial charge in [-0.25, -0.2) is 4.79 Å². The average Bonchev–Trinajstić information content (AvgIpc) is 2.92. The van der Waals surface area contributed by atoms with Crippen LogP contribution in [0.15, 0.2) is 59.7 Å². The molecule has 1 heterocycles. The summed E-state index contributed by atoms with van der Waals surface area (Å²) in [5, 5.41) is 7.76. The molecule has 2 aromatic carbocycles. The summed E-state index contributed by atoms with van der Waals surface area (Å²) in [5.41, 5.74) is 1.57. The minimum absolute atomic E-state index is 0.394. The molecule has 0 saturated carbocycles. The van der Waals surface area contributed by atoms with Crippen LogP contribution in [0.25, 0.3) is 0 Å². The van der Waals surface area contributed by atoms with Crippen LogP contribution in [-0.2, 0) is 10.3 Å². The van der Waals surface area contributed by atoms with E-state index in [1.807, 2.05) is 54.6 Å². The van der Waals surface area contributed by atoms with Crippen LogP contribution < -0.4 is 10.2 Å². The van der Waals surface area contributed by atoms with Gasteiger partial charge in [-0.3, -0.25) is 4.79 Å². The quantitative estimate of drug-likeness (QED) is 0.632. The highest BCUT2D eigenvalue weighted by Crippen LogP contribution is 2.28. The van der Waals surface area contributed by atoms with Gasteiger partial charge in [0.2, 0.25) is 0 Å². The molecular formula is C21H24N4O2. The van der Waals surface area contributed by atoms with Crippen molar-refractivity contribution in [2.45, 2.75) is 26.3 Å². The Hall–Kier alpha value is -3.15. The Kier molecular flexibility index (Phi) is 5.26. The minimum atomic E-state index is -1.11. The maximum Gasteiger partial charge on any atom is 0.346 e. The monoisotopic (exact) mass is 364 g/mol. The number of anilines is 1. The summed E-state index contributed by atoms with van der Waals surface area (Å²) in [6.45, 7) is 7.78. The summed E-state index contributed by atoms with van der Waals surface area (Å²) < 4.78 is 0. The maximum absolute atomic E-state index is 12.8. The molecule has 0 aliphatic carbocycles. The summed E-state index contributed by atoms with van der Waals surface area (Å²) >= 11 is 0. The molecule has 0 unspecified atom stereocenters. The van der Waals surface area contributed by atoms with Crippen molar-refractivity contribution < 1.29 is 9.59 Å². The standard InChI is InChI=1S/C21H24N4O2/c1-4-24(5-2)18-13-11-16(12-14-18)15-22-25-19(26)21(3,23-20(25)27)17-9-7-6-8-10-17/h6-15H,4-5H2,1-3H3,(H,23,27)/b22-15-/t21-/m1/s1. The van der Waals surface area contributed by atoms with E-state index in [2.05, 4.69) is 29.2 Å². The van der Waals surface area contributed by atoms with Crippen LogP contribution in [0, 0.1) is 0 Å². The van der Waals surface area contributed by atoms with E-state index in [0.717, 1.165) is 34.9 Å². The predicted molar refractivity (Wildman–Crippen MR) is 107 cm³/mol. The van der Waals surface area contributed by atoms with Gasteiger partial charge in [0.25, 0.3) is 5.91 Å². The Morgan fingerprint density at radius 1 is 1.04 bits per heavy atom. The van der Waals surface area contributed by atoms with Crippen LogP contribution in [-0.4, -0.2) is 36.3 Å². The van der Waals surface area contributed by atoms with Gasteiger partial charge >= 0.3 is 6.03 Å². The molecule has 0 bridgehead atoms. The van der Waals surface area contributed by atoms with Crippen LogP contribution in [0.1, 0.15) is 31.9 Å². The molecule has 3 rings (SSSR count). The zero-order valence-corrected chi connectivity index (χ0v) is 15.8. The Balaban J connectivity index is 1.77. The lowest BCUT2D eigenvalue weighted by atomic mass is 9.92. The second-order valence-electron chi connectivity index (χ2n) is 6.55. The van der Waals surface area contributed by atoms with Crippen LogP contribution in [0.3, 0.4) is 0 Å². The SMILES string of the molecule is CCN(CC)c1ccc(/C=N\N2C(=O)N[C@](C)(c3ccccc3)C2=O)cc1. The van der Waals surface area contributed by atoms with E-state index in [0.29, 0.717) is 0 Å². The van der Waals surface area contributed by atoms with Crippen LogP contribution in [0.5, 0.6) is 0 Å². The summed E-state index contributed by atoms with van der Waals surface area (Å²) in [4.78, 5) is 27.3. The van der Waals surface area contributed by atoms with Crippen molar-refractivity contribution >= 4 is 23.8 Å². The van der Waals surface area contributed by atoms with Crippen molar-refractivity contribution in [2.75, 3.05) is 18.0 Å². The van der Waals surface area contributed by atoms with Crippen LogP contribution in [0.2, 0.25) is 0 Å². The number of imide groups is 1. The van der Waals surface area contributed by atoms with E-state index in [1.165, 1.54) is 6.21 Å². The molecular weight excluding hydrogens is 340 g/mol. The first-order valence-corrected chi connectivity index (χ1v) is 9.10. The number of benzene rings is 2. The molecule has 0 aromatic heterocycles. The average molecular weight is 364 g/mol. The van der Waals surface area contributed by atoms with Gasteiger partial charge in [0.15, 0.2) is 0 Å². The molecule has 0 radical (unpaired) electrons. The largest absolute Gasteiger partial charge is 0.372 e. The summed E-state index contributed by atoms with van der Waals surface area (Å²) in [6.07, 6.45) is 1.53. The smallest absolute Gasteiger partial charge is 0.346 e. The van der Waals surface area contributed by atoms with Crippen LogP contribution >= 0.6 is 0 Å². The van der Waals surface area contributed by atoms with Gasteiger partial charge in [-0.05, 0) is 44.0 Å². The lowest BCUT2D eigenvalue weighted by molar-refractivity contribution is -0.131. The number of hydrazone groups is 1. The molecule has 27 heavy (non-hydrogen) atoms. The number of urea groups is 1. The first-order chi connectivity index (χ1) is 13.0. The van der Waals surface area contributed by atoms with Gasteiger partial charge < -0.3 is 10.2 Å². The fourth-order valence-electron chi connectivity index (χ4n) is 3.18. The number of hydrogen-bond donors (Lipinski definition) is 1. The topological polar surface area (TPSA) is 65.0 Å². The first kappa shape index (κ1) is 18.6. The zero-order valence-electron chi connectivity index (χ0n) is 15.8.